The van der Waals surface area contributed by atoms with E-state index in [1.54, 1.807) is 7.05 Å². The van der Waals surface area contributed by atoms with E-state index in [0.29, 0.717) is 0 Å². The summed E-state index contributed by atoms with van der Waals surface area (Å²) in [6.45, 7) is 4.46. The van der Waals surface area contributed by atoms with Gasteiger partial charge < -0.3 is 15.2 Å². The molecule has 0 radical (unpaired) electrons. The van der Waals surface area contributed by atoms with Crippen molar-refractivity contribution in [2.75, 3.05) is 20.6 Å². The second-order valence-electron chi connectivity index (χ2n) is 4.81. The van der Waals surface area contributed by atoms with Crippen LogP contribution in [0.5, 0.6) is 0 Å². The Kier molecular flexibility index (Phi) is 4.81. The van der Waals surface area contributed by atoms with Gasteiger partial charge in [-0.2, -0.15) is 5.10 Å². The Bertz CT molecular complexity index is 540. The molecule has 0 saturated heterocycles. The van der Waals surface area contributed by atoms with Crippen LogP contribution in [0.2, 0.25) is 0 Å². The van der Waals surface area contributed by atoms with Gasteiger partial charge in [0, 0.05) is 38.7 Å². The molecule has 0 saturated carbocycles. The minimum Gasteiger partial charge on any atom is -0.364 e. The average Bonchev–Trinajstić information content (AvgIpc) is 3.06. The predicted octanol–water partition coefficient (Wildman–Crippen LogP) is 1.23. The van der Waals surface area contributed by atoms with Crippen LogP contribution in [-0.2, 0) is 13.1 Å². The van der Waals surface area contributed by atoms with Gasteiger partial charge in [0.2, 0.25) is 0 Å². The smallest absolute Gasteiger partial charge is 0.193 e. The van der Waals surface area contributed by atoms with E-state index in [-0.39, 0.29) is 0 Å². The van der Waals surface area contributed by atoms with Gasteiger partial charge >= 0.3 is 0 Å². The number of aryl methyl sites for hydroxylation is 1. The number of aromatic nitrogens is 3. The number of H-pyrrole nitrogens is 1. The van der Waals surface area contributed by atoms with E-state index < -0.39 is 0 Å². The lowest BCUT2D eigenvalue weighted by Crippen LogP contribution is -2.39. The Morgan fingerprint density at radius 3 is 3.00 bits per heavy atom. The monoisotopic (exact) mass is 274 g/mol. The first-order valence-electron chi connectivity index (χ1n) is 6.72. The summed E-state index contributed by atoms with van der Waals surface area (Å²) in [5.74, 6) is 0.878. The molecule has 20 heavy (non-hydrogen) atoms. The van der Waals surface area contributed by atoms with Gasteiger partial charge in [0.1, 0.15) is 0 Å². The van der Waals surface area contributed by atoms with Crippen molar-refractivity contribution in [3.8, 4) is 0 Å². The lowest BCUT2D eigenvalue weighted by Gasteiger charge is -2.21. The molecule has 2 aromatic rings. The van der Waals surface area contributed by atoms with Crippen LogP contribution < -0.4 is 5.32 Å². The Labute approximate surface area is 119 Å². The molecule has 2 N–H and O–H groups in total. The van der Waals surface area contributed by atoms with Crippen LogP contribution in [0, 0.1) is 6.92 Å². The van der Waals surface area contributed by atoms with Gasteiger partial charge in [-0.25, -0.2) is 0 Å². The summed E-state index contributed by atoms with van der Waals surface area (Å²) in [6, 6.07) is 4.07. The summed E-state index contributed by atoms with van der Waals surface area (Å²) >= 11 is 0. The maximum Gasteiger partial charge on any atom is 0.193 e. The fourth-order valence-electron chi connectivity index (χ4n) is 2.05. The topological polar surface area (TPSA) is 61.2 Å². The van der Waals surface area contributed by atoms with Crippen molar-refractivity contribution in [2.24, 2.45) is 4.99 Å². The van der Waals surface area contributed by atoms with Crippen molar-refractivity contribution in [2.45, 2.75) is 20.0 Å². The molecule has 0 aromatic carbocycles. The molecule has 6 nitrogen and oxygen atoms in total. The van der Waals surface area contributed by atoms with Crippen LogP contribution in [0.3, 0.4) is 0 Å². The van der Waals surface area contributed by atoms with Gasteiger partial charge in [0.15, 0.2) is 5.96 Å². The largest absolute Gasteiger partial charge is 0.364 e. The zero-order valence-corrected chi connectivity index (χ0v) is 12.3. The minimum absolute atomic E-state index is 0.795. The van der Waals surface area contributed by atoms with E-state index in [9.17, 15) is 0 Å². The standard InChI is InChI=1S/C14H22N6/c1-12-9-18-20(10-12)8-7-17-14(15-2)19(3)11-13-5-4-6-16-13/h4-6,9-10,16H,7-8,11H2,1-3H3,(H,15,17). The minimum atomic E-state index is 0.795. The molecule has 108 valence electrons. The Hall–Kier alpha value is -2.24. The van der Waals surface area contributed by atoms with Gasteiger partial charge in [0.05, 0.1) is 19.3 Å². The summed E-state index contributed by atoms with van der Waals surface area (Å²) in [5, 5.41) is 7.60. The lowest BCUT2D eigenvalue weighted by atomic mass is 10.4. The molecule has 0 aliphatic rings. The fourth-order valence-corrected chi connectivity index (χ4v) is 2.05. The van der Waals surface area contributed by atoms with Crippen molar-refractivity contribution < 1.29 is 0 Å². The number of nitrogens with one attached hydrogen (secondary N) is 2. The van der Waals surface area contributed by atoms with Gasteiger partial charge in [-0.1, -0.05) is 0 Å². The second-order valence-corrected chi connectivity index (χ2v) is 4.81. The van der Waals surface area contributed by atoms with Crippen molar-refractivity contribution in [3.63, 3.8) is 0 Å². The summed E-state index contributed by atoms with van der Waals surface area (Å²) in [6.07, 6.45) is 5.83. The highest BCUT2D eigenvalue weighted by molar-refractivity contribution is 5.79. The Morgan fingerprint density at radius 2 is 2.40 bits per heavy atom. The molecule has 0 fully saturated rings. The van der Waals surface area contributed by atoms with E-state index in [4.69, 9.17) is 0 Å². The van der Waals surface area contributed by atoms with Crippen LogP contribution in [0.4, 0.5) is 0 Å². The molecule has 2 heterocycles. The normalized spacial score (nSPS) is 11.7. The van der Waals surface area contributed by atoms with E-state index in [1.165, 1.54) is 5.56 Å². The maximum atomic E-state index is 4.29. The van der Waals surface area contributed by atoms with Crippen molar-refractivity contribution in [1.29, 1.82) is 0 Å². The number of rotatable bonds is 5. The fraction of sp³-hybridized carbons (Fsp3) is 0.429. The quantitative estimate of drug-likeness (QED) is 0.637. The zero-order chi connectivity index (χ0) is 14.4. The van der Waals surface area contributed by atoms with E-state index >= 15 is 0 Å². The van der Waals surface area contributed by atoms with Gasteiger partial charge in [-0.15, -0.1) is 0 Å². The van der Waals surface area contributed by atoms with Crippen LogP contribution in [0.25, 0.3) is 0 Å². The highest BCUT2D eigenvalue weighted by Gasteiger charge is 2.06. The Morgan fingerprint density at radius 1 is 1.55 bits per heavy atom. The number of guanidine groups is 1. The molecule has 0 spiro atoms. The SMILES string of the molecule is CN=C(NCCn1cc(C)cn1)N(C)Cc1ccc[nH]1. The third-order valence-electron chi connectivity index (χ3n) is 3.03. The van der Waals surface area contributed by atoms with E-state index in [1.807, 2.05) is 43.3 Å². The predicted molar refractivity (Wildman–Crippen MR) is 80.6 cm³/mol. The molecule has 6 heteroatoms. The number of aliphatic imine (C=N–C) groups is 1. The molecule has 2 rings (SSSR count). The summed E-state index contributed by atoms with van der Waals surface area (Å²) in [7, 11) is 3.82. The number of aromatic amines is 1. The van der Waals surface area contributed by atoms with Crippen LogP contribution in [0.1, 0.15) is 11.3 Å². The molecule has 0 aliphatic heterocycles. The molecule has 0 aliphatic carbocycles. The van der Waals surface area contributed by atoms with Crippen molar-refractivity contribution >= 4 is 5.96 Å². The highest BCUT2D eigenvalue weighted by Crippen LogP contribution is 2.00. The van der Waals surface area contributed by atoms with Crippen molar-refractivity contribution in [1.82, 2.24) is 25.0 Å². The van der Waals surface area contributed by atoms with Crippen LogP contribution >= 0.6 is 0 Å². The van der Waals surface area contributed by atoms with Gasteiger partial charge in [-0.3, -0.25) is 9.67 Å². The first-order valence-corrected chi connectivity index (χ1v) is 6.72. The highest BCUT2D eigenvalue weighted by atomic mass is 15.3. The lowest BCUT2D eigenvalue weighted by molar-refractivity contribution is 0.465. The van der Waals surface area contributed by atoms with Gasteiger partial charge in [0.25, 0.3) is 0 Å². The molecular formula is C14H22N6. The molecule has 0 atom stereocenters. The molecule has 2 aromatic heterocycles. The average molecular weight is 274 g/mol. The number of hydrogen-bond donors (Lipinski definition) is 2. The van der Waals surface area contributed by atoms with Gasteiger partial charge in [-0.05, 0) is 24.6 Å². The summed E-state index contributed by atoms with van der Waals surface area (Å²) in [4.78, 5) is 9.57. The molecule has 0 bridgehead atoms. The third kappa shape index (κ3) is 3.88. The van der Waals surface area contributed by atoms with Crippen LogP contribution in [0.15, 0.2) is 35.7 Å². The maximum absolute atomic E-state index is 4.29. The first-order chi connectivity index (χ1) is 9.69. The Balaban J connectivity index is 1.80. The summed E-state index contributed by atoms with van der Waals surface area (Å²) < 4.78 is 1.93. The van der Waals surface area contributed by atoms with E-state index in [2.05, 4.69) is 31.4 Å². The van der Waals surface area contributed by atoms with Crippen molar-refractivity contribution in [3.05, 3.63) is 42.0 Å². The van der Waals surface area contributed by atoms with E-state index in [0.717, 1.165) is 31.3 Å². The summed E-state index contributed by atoms with van der Waals surface area (Å²) in [5.41, 5.74) is 2.34. The second kappa shape index (κ2) is 6.79. The molecular weight excluding hydrogens is 252 g/mol. The number of hydrogen-bond acceptors (Lipinski definition) is 2. The zero-order valence-electron chi connectivity index (χ0n) is 12.3. The van der Waals surface area contributed by atoms with Crippen LogP contribution in [-0.4, -0.2) is 46.3 Å². The number of nitrogens with zero attached hydrogens (tertiary/aromatic N) is 4. The first kappa shape index (κ1) is 14.2. The third-order valence-corrected chi connectivity index (χ3v) is 3.03. The molecule has 0 unspecified atom stereocenters. The molecule has 0 amide bonds.